The van der Waals surface area contributed by atoms with Crippen molar-refractivity contribution in [2.24, 2.45) is 0 Å². The van der Waals surface area contributed by atoms with Crippen LogP contribution in [-0.4, -0.2) is 22.9 Å². The standard InChI is InChI=1S/C10H14BrNO2/c1-7(13)5-12-6-8-4-9(14)2-3-10(8)11/h2-4,7,12-14H,5-6H2,1H3. The van der Waals surface area contributed by atoms with Gasteiger partial charge in [-0.2, -0.15) is 0 Å². The van der Waals surface area contributed by atoms with Gasteiger partial charge in [-0.1, -0.05) is 15.9 Å². The average Bonchev–Trinajstić information content (AvgIpc) is 2.10. The summed E-state index contributed by atoms with van der Waals surface area (Å²) in [5.41, 5.74) is 0.977. The predicted octanol–water partition coefficient (Wildman–Crippen LogP) is 1.63. The van der Waals surface area contributed by atoms with E-state index in [1.54, 1.807) is 25.1 Å². The Balaban J connectivity index is 2.53. The van der Waals surface area contributed by atoms with Crippen molar-refractivity contribution in [3.8, 4) is 5.75 Å². The van der Waals surface area contributed by atoms with E-state index in [4.69, 9.17) is 5.11 Å². The molecule has 14 heavy (non-hydrogen) atoms. The van der Waals surface area contributed by atoms with Crippen molar-refractivity contribution in [1.82, 2.24) is 5.32 Å². The van der Waals surface area contributed by atoms with Gasteiger partial charge in [0.2, 0.25) is 0 Å². The second-order valence-corrected chi connectivity index (χ2v) is 4.11. The summed E-state index contributed by atoms with van der Waals surface area (Å²) in [6, 6.07) is 5.12. The summed E-state index contributed by atoms with van der Waals surface area (Å²) < 4.78 is 0.952. The molecular formula is C10H14BrNO2. The number of phenolic OH excluding ortho intramolecular Hbond substituents is 1. The minimum atomic E-state index is -0.355. The van der Waals surface area contributed by atoms with E-state index in [1.165, 1.54) is 0 Å². The van der Waals surface area contributed by atoms with Gasteiger partial charge >= 0.3 is 0 Å². The fraction of sp³-hybridized carbons (Fsp3) is 0.400. The van der Waals surface area contributed by atoms with E-state index in [9.17, 15) is 5.11 Å². The molecule has 0 heterocycles. The van der Waals surface area contributed by atoms with E-state index in [0.29, 0.717) is 13.1 Å². The molecule has 1 unspecified atom stereocenters. The minimum Gasteiger partial charge on any atom is -0.508 e. The molecule has 4 heteroatoms. The van der Waals surface area contributed by atoms with Gasteiger partial charge in [0.05, 0.1) is 6.10 Å². The van der Waals surface area contributed by atoms with Gasteiger partial charge in [0.1, 0.15) is 5.75 Å². The zero-order chi connectivity index (χ0) is 10.6. The first-order valence-electron chi connectivity index (χ1n) is 4.46. The van der Waals surface area contributed by atoms with Crippen molar-refractivity contribution in [2.75, 3.05) is 6.54 Å². The summed E-state index contributed by atoms with van der Waals surface area (Å²) in [6.07, 6.45) is -0.355. The Morgan fingerprint density at radius 1 is 1.50 bits per heavy atom. The third-order valence-electron chi connectivity index (χ3n) is 1.78. The summed E-state index contributed by atoms with van der Waals surface area (Å²) in [6.45, 7) is 2.90. The molecular weight excluding hydrogens is 246 g/mol. The first-order valence-corrected chi connectivity index (χ1v) is 5.25. The highest BCUT2D eigenvalue weighted by Crippen LogP contribution is 2.21. The average molecular weight is 260 g/mol. The molecule has 1 aromatic carbocycles. The predicted molar refractivity (Wildman–Crippen MR) is 59.2 cm³/mol. The number of nitrogens with one attached hydrogen (secondary N) is 1. The van der Waals surface area contributed by atoms with Crippen LogP contribution in [0.3, 0.4) is 0 Å². The maximum Gasteiger partial charge on any atom is 0.115 e. The molecule has 0 aromatic heterocycles. The largest absolute Gasteiger partial charge is 0.508 e. The lowest BCUT2D eigenvalue weighted by atomic mass is 10.2. The van der Waals surface area contributed by atoms with Crippen LogP contribution in [0.4, 0.5) is 0 Å². The number of aliphatic hydroxyl groups is 1. The molecule has 1 rings (SSSR count). The number of aromatic hydroxyl groups is 1. The Hall–Kier alpha value is -0.580. The first kappa shape index (κ1) is 11.5. The van der Waals surface area contributed by atoms with Crippen molar-refractivity contribution in [1.29, 1.82) is 0 Å². The molecule has 0 amide bonds. The van der Waals surface area contributed by atoms with Crippen molar-refractivity contribution in [3.05, 3.63) is 28.2 Å². The highest BCUT2D eigenvalue weighted by molar-refractivity contribution is 9.10. The zero-order valence-corrected chi connectivity index (χ0v) is 9.58. The molecule has 3 nitrogen and oxygen atoms in total. The quantitative estimate of drug-likeness (QED) is 0.771. The van der Waals surface area contributed by atoms with E-state index >= 15 is 0 Å². The molecule has 78 valence electrons. The molecule has 0 saturated carbocycles. The van der Waals surface area contributed by atoms with Crippen LogP contribution in [-0.2, 0) is 6.54 Å². The lowest BCUT2D eigenvalue weighted by Gasteiger charge is -2.08. The minimum absolute atomic E-state index is 0.252. The summed E-state index contributed by atoms with van der Waals surface area (Å²) >= 11 is 3.38. The van der Waals surface area contributed by atoms with Gasteiger partial charge in [0.25, 0.3) is 0 Å². The maximum atomic E-state index is 9.25. The van der Waals surface area contributed by atoms with E-state index < -0.39 is 0 Å². The Labute approximate surface area is 91.9 Å². The number of benzene rings is 1. The van der Waals surface area contributed by atoms with Crippen molar-refractivity contribution < 1.29 is 10.2 Å². The van der Waals surface area contributed by atoms with Crippen LogP contribution in [0.1, 0.15) is 12.5 Å². The third kappa shape index (κ3) is 3.65. The van der Waals surface area contributed by atoms with Crippen LogP contribution >= 0.6 is 15.9 Å². The summed E-state index contributed by atoms with van der Waals surface area (Å²) in [5, 5.41) is 21.4. The highest BCUT2D eigenvalue weighted by Gasteiger charge is 2.01. The number of hydrogen-bond acceptors (Lipinski definition) is 3. The van der Waals surface area contributed by atoms with Crippen LogP contribution < -0.4 is 5.32 Å². The fourth-order valence-corrected chi connectivity index (χ4v) is 1.50. The Morgan fingerprint density at radius 2 is 2.21 bits per heavy atom. The van der Waals surface area contributed by atoms with Gasteiger partial charge in [-0.25, -0.2) is 0 Å². The SMILES string of the molecule is CC(O)CNCc1cc(O)ccc1Br. The van der Waals surface area contributed by atoms with Gasteiger partial charge in [-0.05, 0) is 30.7 Å². The topological polar surface area (TPSA) is 52.5 Å². The Bertz CT molecular complexity index is 302. The van der Waals surface area contributed by atoms with Crippen molar-refractivity contribution in [2.45, 2.75) is 19.6 Å². The third-order valence-corrected chi connectivity index (χ3v) is 2.56. The van der Waals surface area contributed by atoms with Crippen LogP contribution in [0.25, 0.3) is 0 Å². The Morgan fingerprint density at radius 3 is 2.86 bits per heavy atom. The number of rotatable bonds is 4. The van der Waals surface area contributed by atoms with E-state index in [-0.39, 0.29) is 11.9 Å². The van der Waals surface area contributed by atoms with Crippen molar-refractivity contribution >= 4 is 15.9 Å². The molecule has 0 fully saturated rings. The fourth-order valence-electron chi connectivity index (χ4n) is 1.11. The maximum absolute atomic E-state index is 9.25. The molecule has 3 N–H and O–H groups in total. The smallest absolute Gasteiger partial charge is 0.115 e. The van der Waals surface area contributed by atoms with Gasteiger partial charge < -0.3 is 15.5 Å². The van der Waals surface area contributed by atoms with E-state index in [0.717, 1.165) is 10.0 Å². The lowest BCUT2D eigenvalue weighted by Crippen LogP contribution is -2.23. The molecule has 0 aliphatic heterocycles. The zero-order valence-electron chi connectivity index (χ0n) is 8.00. The number of halogens is 1. The van der Waals surface area contributed by atoms with Crippen molar-refractivity contribution in [3.63, 3.8) is 0 Å². The second kappa shape index (κ2) is 5.34. The number of phenols is 1. The van der Waals surface area contributed by atoms with Gasteiger partial charge in [0.15, 0.2) is 0 Å². The van der Waals surface area contributed by atoms with Crippen LogP contribution in [0.5, 0.6) is 5.75 Å². The summed E-state index contributed by atoms with van der Waals surface area (Å²) in [4.78, 5) is 0. The number of hydrogen-bond donors (Lipinski definition) is 3. The van der Waals surface area contributed by atoms with Crippen LogP contribution in [0, 0.1) is 0 Å². The molecule has 0 aliphatic carbocycles. The van der Waals surface area contributed by atoms with E-state index in [2.05, 4.69) is 21.2 Å². The van der Waals surface area contributed by atoms with Gasteiger partial charge in [0, 0.05) is 17.6 Å². The second-order valence-electron chi connectivity index (χ2n) is 3.26. The molecule has 0 bridgehead atoms. The van der Waals surface area contributed by atoms with Crippen LogP contribution in [0.15, 0.2) is 22.7 Å². The van der Waals surface area contributed by atoms with Crippen LogP contribution in [0.2, 0.25) is 0 Å². The molecule has 0 aliphatic rings. The normalized spacial score (nSPS) is 12.8. The van der Waals surface area contributed by atoms with Gasteiger partial charge in [-0.3, -0.25) is 0 Å². The molecule has 0 saturated heterocycles. The number of aliphatic hydroxyl groups excluding tert-OH is 1. The monoisotopic (exact) mass is 259 g/mol. The van der Waals surface area contributed by atoms with Gasteiger partial charge in [-0.15, -0.1) is 0 Å². The van der Waals surface area contributed by atoms with E-state index in [1.807, 2.05) is 0 Å². The molecule has 0 radical (unpaired) electrons. The molecule has 0 spiro atoms. The first-order chi connectivity index (χ1) is 6.59. The Kier molecular flexibility index (Phi) is 4.38. The lowest BCUT2D eigenvalue weighted by molar-refractivity contribution is 0.191. The summed E-state index contributed by atoms with van der Waals surface area (Å²) in [7, 11) is 0. The molecule has 1 aromatic rings. The molecule has 1 atom stereocenters. The summed E-state index contributed by atoms with van der Waals surface area (Å²) in [5.74, 6) is 0.252. The highest BCUT2D eigenvalue weighted by atomic mass is 79.9.